The highest BCUT2D eigenvalue weighted by Crippen LogP contribution is 2.12. The van der Waals surface area contributed by atoms with Crippen molar-refractivity contribution in [3.8, 4) is 0 Å². The van der Waals surface area contributed by atoms with E-state index >= 15 is 0 Å². The lowest BCUT2D eigenvalue weighted by Crippen LogP contribution is -2.33. The summed E-state index contributed by atoms with van der Waals surface area (Å²) in [7, 11) is 0. The summed E-state index contributed by atoms with van der Waals surface area (Å²) >= 11 is 0. The number of carbonyl (C=O) groups excluding carboxylic acids is 2. The molecule has 0 aromatic heterocycles. The van der Waals surface area contributed by atoms with Crippen LogP contribution in [0, 0.1) is 0 Å². The zero-order valence-electron chi connectivity index (χ0n) is 11.3. The van der Waals surface area contributed by atoms with Crippen LogP contribution in [0.3, 0.4) is 0 Å². The first-order chi connectivity index (χ1) is 8.33. The standard InChI is InChI=1S/C12H20N2O4/c1-5-6-17-10(15)8-7-9(14-13-8)11(16)18-12(2,3)4/h8,13H,5-7H2,1-4H3. The van der Waals surface area contributed by atoms with Crippen molar-refractivity contribution in [2.45, 2.75) is 52.2 Å². The number of hydrazone groups is 1. The fourth-order valence-electron chi connectivity index (χ4n) is 1.35. The average molecular weight is 256 g/mol. The van der Waals surface area contributed by atoms with Crippen molar-refractivity contribution in [2.75, 3.05) is 6.61 Å². The average Bonchev–Trinajstić information content (AvgIpc) is 2.72. The third kappa shape index (κ3) is 4.35. The van der Waals surface area contributed by atoms with Gasteiger partial charge in [-0.3, -0.25) is 5.43 Å². The van der Waals surface area contributed by atoms with E-state index in [0.29, 0.717) is 6.61 Å². The Hall–Kier alpha value is -1.59. The SMILES string of the molecule is CCCOC(=O)C1CC(C(=O)OC(C)(C)C)=NN1. The first-order valence-corrected chi connectivity index (χ1v) is 6.05. The number of nitrogens with zero attached hydrogens (tertiary/aromatic N) is 1. The van der Waals surface area contributed by atoms with Crippen LogP contribution < -0.4 is 5.43 Å². The van der Waals surface area contributed by atoms with E-state index in [1.807, 2.05) is 6.92 Å². The fraction of sp³-hybridized carbons (Fsp3) is 0.750. The van der Waals surface area contributed by atoms with Crippen molar-refractivity contribution in [3.63, 3.8) is 0 Å². The van der Waals surface area contributed by atoms with E-state index in [1.54, 1.807) is 20.8 Å². The molecule has 0 amide bonds. The van der Waals surface area contributed by atoms with Crippen molar-refractivity contribution in [1.29, 1.82) is 0 Å². The van der Waals surface area contributed by atoms with E-state index in [9.17, 15) is 9.59 Å². The van der Waals surface area contributed by atoms with E-state index in [1.165, 1.54) is 0 Å². The summed E-state index contributed by atoms with van der Waals surface area (Å²) < 4.78 is 10.1. The van der Waals surface area contributed by atoms with E-state index in [4.69, 9.17) is 9.47 Å². The Bertz CT molecular complexity index is 358. The highest BCUT2D eigenvalue weighted by molar-refractivity contribution is 6.37. The van der Waals surface area contributed by atoms with Crippen LogP contribution in [0.2, 0.25) is 0 Å². The lowest BCUT2D eigenvalue weighted by molar-refractivity contribution is -0.146. The Kier molecular flexibility index (Phi) is 4.69. The smallest absolute Gasteiger partial charge is 0.355 e. The van der Waals surface area contributed by atoms with Crippen molar-refractivity contribution >= 4 is 17.7 Å². The predicted molar refractivity (Wildman–Crippen MR) is 66.1 cm³/mol. The minimum Gasteiger partial charge on any atom is -0.464 e. The largest absolute Gasteiger partial charge is 0.464 e. The number of ether oxygens (including phenoxy) is 2. The second-order valence-corrected chi connectivity index (χ2v) is 5.11. The van der Waals surface area contributed by atoms with Gasteiger partial charge in [0.15, 0.2) is 0 Å². The summed E-state index contributed by atoms with van der Waals surface area (Å²) in [6, 6.07) is -0.584. The van der Waals surface area contributed by atoms with Gasteiger partial charge in [-0.25, -0.2) is 9.59 Å². The van der Waals surface area contributed by atoms with Gasteiger partial charge < -0.3 is 9.47 Å². The second-order valence-electron chi connectivity index (χ2n) is 5.11. The molecule has 102 valence electrons. The van der Waals surface area contributed by atoms with Crippen molar-refractivity contribution < 1.29 is 19.1 Å². The normalized spacial score (nSPS) is 18.9. The van der Waals surface area contributed by atoms with Crippen LogP contribution in [-0.2, 0) is 19.1 Å². The molecular formula is C12H20N2O4. The van der Waals surface area contributed by atoms with Gasteiger partial charge in [0.1, 0.15) is 17.4 Å². The molecule has 0 saturated heterocycles. The number of hydrogen-bond acceptors (Lipinski definition) is 6. The van der Waals surface area contributed by atoms with Gasteiger partial charge in [0.2, 0.25) is 0 Å². The number of esters is 2. The van der Waals surface area contributed by atoms with Crippen LogP contribution in [0.4, 0.5) is 0 Å². The Morgan fingerprint density at radius 3 is 2.67 bits per heavy atom. The lowest BCUT2D eigenvalue weighted by atomic mass is 10.1. The molecule has 6 heteroatoms. The van der Waals surface area contributed by atoms with Crippen LogP contribution in [0.25, 0.3) is 0 Å². The third-order valence-electron chi connectivity index (χ3n) is 2.12. The fourth-order valence-corrected chi connectivity index (χ4v) is 1.35. The highest BCUT2D eigenvalue weighted by Gasteiger charge is 2.32. The number of nitrogens with one attached hydrogen (secondary N) is 1. The van der Waals surface area contributed by atoms with Gasteiger partial charge in [-0.15, -0.1) is 0 Å². The minimum atomic E-state index is -0.584. The van der Waals surface area contributed by atoms with Gasteiger partial charge >= 0.3 is 11.9 Å². The Morgan fingerprint density at radius 1 is 1.44 bits per heavy atom. The summed E-state index contributed by atoms with van der Waals surface area (Å²) in [6.07, 6.45) is 0.968. The lowest BCUT2D eigenvalue weighted by Gasteiger charge is -2.19. The summed E-state index contributed by atoms with van der Waals surface area (Å²) in [6.45, 7) is 7.62. The zero-order chi connectivity index (χ0) is 13.8. The first kappa shape index (κ1) is 14.5. The Labute approximate surface area is 107 Å². The Morgan fingerprint density at radius 2 is 2.11 bits per heavy atom. The van der Waals surface area contributed by atoms with Crippen molar-refractivity contribution in [2.24, 2.45) is 5.10 Å². The molecule has 0 bridgehead atoms. The molecule has 1 aliphatic rings. The van der Waals surface area contributed by atoms with Crippen LogP contribution in [0.5, 0.6) is 0 Å². The van der Waals surface area contributed by atoms with Crippen LogP contribution in [-0.4, -0.2) is 35.9 Å². The maximum Gasteiger partial charge on any atom is 0.355 e. The third-order valence-corrected chi connectivity index (χ3v) is 2.12. The van der Waals surface area contributed by atoms with E-state index < -0.39 is 17.6 Å². The van der Waals surface area contributed by atoms with Gasteiger partial charge in [0.05, 0.1) is 6.61 Å². The van der Waals surface area contributed by atoms with E-state index in [-0.39, 0.29) is 18.1 Å². The molecule has 0 aromatic carbocycles. The van der Waals surface area contributed by atoms with Crippen molar-refractivity contribution in [1.82, 2.24) is 5.43 Å². The molecule has 0 radical (unpaired) electrons. The topological polar surface area (TPSA) is 77.0 Å². The molecular weight excluding hydrogens is 236 g/mol. The molecule has 6 nitrogen and oxygen atoms in total. The van der Waals surface area contributed by atoms with E-state index in [0.717, 1.165) is 6.42 Å². The Balaban J connectivity index is 2.45. The maximum atomic E-state index is 11.7. The van der Waals surface area contributed by atoms with Crippen molar-refractivity contribution in [3.05, 3.63) is 0 Å². The predicted octanol–water partition coefficient (Wildman–Crippen LogP) is 0.999. The summed E-state index contributed by atoms with van der Waals surface area (Å²) in [5, 5.41) is 3.82. The van der Waals surface area contributed by atoms with Crippen LogP contribution in [0.1, 0.15) is 40.5 Å². The summed E-state index contributed by atoms with van der Waals surface area (Å²) in [5.41, 5.74) is 2.25. The molecule has 1 atom stereocenters. The molecule has 1 unspecified atom stereocenters. The highest BCUT2D eigenvalue weighted by atomic mass is 16.6. The molecule has 1 rings (SSSR count). The first-order valence-electron chi connectivity index (χ1n) is 6.05. The van der Waals surface area contributed by atoms with Gasteiger partial charge in [-0.1, -0.05) is 6.92 Å². The molecule has 0 spiro atoms. The molecule has 0 fully saturated rings. The van der Waals surface area contributed by atoms with E-state index in [2.05, 4.69) is 10.5 Å². The van der Waals surface area contributed by atoms with Crippen LogP contribution in [0.15, 0.2) is 5.10 Å². The monoisotopic (exact) mass is 256 g/mol. The number of rotatable bonds is 4. The molecule has 1 aliphatic heterocycles. The quantitative estimate of drug-likeness (QED) is 0.759. The molecule has 0 aromatic rings. The zero-order valence-corrected chi connectivity index (χ0v) is 11.3. The van der Waals surface area contributed by atoms with Gasteiger partial charge in [0.25, 0.3) is 0 Å². The van der Waals surface area contributed by atoms with Gasteiger partial charge in [-0.2, -0.15) is 5.10 Å². The second kappa shape index (κ2) is 5.84. The summed E-state index contributed by atoms with van der Waals surface area (Å²) in [5.74, 6) is -0.889. The molecule has 1 N–H and O–H groups in total. The van der Waals surface area contributed by atoms with Gasteiger partial charge in [0, 0.05) is 6.42 Å². The molecule has 1 heterocycles. The van der Waals surface area contributed by atoms with Crippen LogP contribution >= 0.6 is 0 Å². The molecule has 0 saturated carbocycles. The maximum absolute atomic E-state index is 11.7. The molecule has 0 aliphatic carbocycles. The summed E-state index contributed by atoms with van der Waals surface area (Å²) in [4.78, 5) is 23.2. The molecule has 18 heavy (non-hydrogen) atoms. The minimum absolute atomic E-state index is 0.206. The number of carbonyl (C=O) groups is 2. The van der Waals surface area contributed by atoms with Gasteiger partial charge in [-0.05, 0) is 27.2 Å². The number of hydrogen-bond donors (Lipinski definition) is 1.